The average molecular weight is 549 g/mol. The van der Waals surface area contributed by atoms with Gasteiger partial charge in [-0.2, -0.15) is 0 Å². The van der Waals surface area contributed by atoms with Crippen LogP contribution in [0.15, 0.2) is 24.3 Å². The molecule has 0 fully saturated rings. The lowest BCUT2D eigenvalue weighted by atomic mass is 10.0. The minimum atomic E-state index is -0.714. The molecule has 0 spiro atoms. The van der Waals surface area contributed by atoms with Crippen LogP contribution < -0.4 is 0 Å². The van der Waals surface area contributed by atoms with Crippen LogP contribution in [-0.2, 0) is 14.3 Å². The van der Waals surface area contributed by atoms with Gasteiger partial charge in [0.05, 0.1) is 0 Å². The fraction of sp³-hybridized carbons (Fsp3) is 0.829. The van der Waals surface area contributed by atoms with Crippen LogP contribution in [0, 0.1) is 0 Å². The zero-order valence-corrected chi connectivity index (χ0v) is 25.9. The van der Waals surface area contributed by atoms with Crippen molar-refractivity contribution in [3.63, 3.8) is 0 Å². The summed E-state index contributed by atoms with van der Waals surface area (Å²) in [6, 6.07) is 0. The third-order valence-electron chi connectivity index (χ3n) is 7.43. The zero-order chi connectivity index (χ0) is 28.7. The van der Waals surface area contributed by atoms with Gasteiger partial charge in [0, 0.05) is 12.8 Å². The number of unbranched alkanes of at least 4 members (excludes halogenated alkanes) is 17. The van der Waals surface area contributed by atoms with Crippen molar-refractivity contribution in [2.24, 2.45) is 0 Å². The molecule has 0 aliphatic heterocycles. The lowest BCUT2D eigenvalue weighted by molar-refractivity contribution is -0.150. The smallest absolute Gasteiger partial charge is 0.306 e. The van der Waals surface area contributed by atoms with Crippen LogP contribution >= 0.6 is 0 Å². The Morgan fingerprint density at radius 1 is 0.564 bits per heavy atom. The highest BCUT2D eigenvalue weighted by molar-refractivity contribution is 5.69. The van der Waals surface area contributed by atoms with E-state index in [0.29, 0.717) is 6.42 Å². The van der Waals surface area contributed by atoms with Gasteiger partial charge in [0.15, 0.2) is 0 Å². The highest BCUT2D eigenvalue weighted by Crippen LogP contribution is 2.18. The van der Waals surface area contributed by atoms with E-state index in [4.69, 9.17) is 9.84 Å². The molecule has 0 saturated heterocycles. The highest BCUT2D eigenvalue weighted by atomic mass is 16.5. The normalized spacial score (nSPS) is 12.5. The molecule has 0 aliphatic rings. The first kappa shape index (κ1) is 37.4. The third-order valence-corrected chi connectivity index (χ3v) is 7.43. The van der Waals surface area contributed by atoms with Gasteiger partial charge in [-0.25, -0.2) is 0 Å². The molecule has 0 aromatic carbocycles. The second kappa shape index (κ2) is 31.0. The van der Waals surface area contributed by atoms with E-state index in [0.717, 1.165) is 70.6 Å². The van der Waals surface area contributed by atoms with Crippen LogP contribution in [0.25, 0.3) is 0 Å². The molecule has 0 radical (unpaired) electrons. The summed E-state index contributed by atoms with van der Waals surface area (Å²) >= 11 is 0. The molecule has 1 unspecified atom stereocenters. The van der Waals surface area contributed by atoms with Crippen molar-refractivity contribution in [1.29, 1.82) is 0 Å². The SMILES string of the molecule is CCCCCC/C=C\C/C=C\CCCCCCCC(=O)OC(CCCCCCCC)CCCCCCC(=O)O. The molecule has 0 bridgehead atoms. The number of carboxylic acids is 1. The highest BCUT2D eigenvalue weighted by Gasteiger charge is 2.14. The van der Waals surface area contributed by atoms with Gasteiger partial charge in [-0.1, -0.05) is 122 Å². The fourth-order valence-corrected chi connectivity index (χ4v) is 4.92. The maximum atomic E-state index is 12.5. The van der Waals surface area contributed by atoms with Gasteiger partial charge in [0.25, 0.3) is 0 Å². The predicted octanol–water partition coefficient (Wildman–Crippen LogP) is 11.3. The van der Waals surface area contributed by atoms with Gasteiger partial charge in [-0.05, 0) is 70.6 Å². The molecule has 39 heavy (non-hydrogen) atoms. The number of rotatable bonds is 30. The molecule has 0 heterocycles. The van der Waals surface area contributed by atoms with Crippen LogP contribution in [0.2, 0.25) is 0 Å². The lowest BCUT2D eigenvalue weighted by Gasteiger charge is -2.18. The van der Waals surface area contributed by atoms with Crippen LogP contribution in [0.4, 0.5) is 0 Å². The first-order valence-corrected chi connectivity index (χ1v) is 16.8. The van der Waals surface area contributed by atoms with E-state index in [1.165, 1.54) is 83.5 Å². The van der Waals surface area contributed by atoms with Crippen LogP contribution in [0.5, 0.6) is 0 Å². The average Bonchev–Trinajstić information content (AvgIpc) is 2.91. The van der Waals surface area contributed by atoms with Gasteiger partial charge in [0.1, 0.15) is 6.10 Å². The summed E-state index contributed by atoms with van der Waals surface area (Å²) in [5, 5.41) is 8.78. The van der Waals surface area contributed by atoms with Crippen molar-refractivity contribution in [3.8, 4) is 0 Å². The number of carbonyl (C=O) groups excluding carboxylic acids is 1. The Morgan fingerprint density at radius 3 is 1.54 bits per heavy atom. The maximum absolute atomic E-state index is 12.5. The molecule has 4 nitrogen and oxygen atoms in total. The van der Waals surface area contributed by atoms with Crippen molar-refractivity contribution in [2.75, 3.05) is 0 Å². The predicted molar refractivity (Wildman–Crippen MR) is 167 cm³/mol. The van der Waals surface area contributed by atoms with E-state index in [9.17, 15) is 9.59 Å². The van der Waals surface area contributed by atoms with Crippen molar-refractivity contribution in [3.05, 3.63) is 24.3 Å². The second-order valence-corrected chi connectivity index (χ2v) is 11.3. The molecule has 1 N–H and O–H groups in total. The van der Waals surface area contributed by atoms with E-state index in [1.807, 2.05) is 0 Å². The van der Waals surface area contributed by atoms with Crippen molar-refractivity contribution >= 4 is 11.9 Å². The Bertz CT molecular complexity index is 595. The molecule has 0 rings (SSSR count). The largest absolute Gasteiger partial charge is 0.481 e. The number of carboxylic acid groups (broad SMARTS) is 1. The molecule has 4 heteroatoms. The van der Waals surface area contributed by atoms with E-state index in [1.54, 1.807) is 0 Å². The Hall–Kier alpha value is -1.58. The van der Waals surface area contributed by atoms with Gasteiger partial charge in [-0.15, -0.1) is 0 Å². The standard InChI is InChI=1S/C35H64O4/c1-3-5-7-9-11-12-13-14-15-16-17-18-19-20-22-28-32-35(38)39-33(29-25-21-10-8-6-4-2)30-26-23-24-27-31-34(36)37/h12-13,15-16,33H,3-11,14,17-32H2,1-2H3,(H,36,37)/b13-12-,16-15-. The maximum Gasteiger partial charge on any atom is 0.306 e. The number of hydrogen-bond donors (Lipinski definition) is 1. The second-order valence-electron chi connectivity index (χ2n) is 11.3. The number of allylic oxidation sites excluding steroid dienone is 4. The Morgan fingerprint density at radius 2 is 1.00 bits per heavy atom. The van der Waals surface area contributed by atoms with Gasteiger partial charge < -0.3 is 9.84 Å². The van der Waals surface area contributed by atoms with E-state index in [-0.39, 0.29) is 18.5 Å². The van der Waals surface area contributed by atoms with E-state index < -0.39 is 5.97 Å². The summed E-state index contributed by atoms with van der Waals surface area (Å²) in [5.41, 5.74) is 0. The van der Waals surface area contributed by atoms with Gasteiger partial charge in [-0.3, -0.25) is 9.59 Å². The monoisotopic (exact) mass is 548 g/mol. The minimum Gasteiger partial charge on any atom is -0.481 e. The summed E-state index contributed by atoms with van der Waals surface area (Å²) < 4.78 is 5.90. The molecular weight excluding hydrogens is 484 g/mol. The summed E-state index contributed by atoms with van der Waals surface area (Å²) in [5.74, 6) is -0.744. The van der Waals surface area contributed by atoms with Gasteiger partial charge >= 0.3 is 11.9 Å². The molecule has 0 saturated carbocycles. The van der Waals surface area contributed by atoms with Crippen molar-refractivity contribution < 1.29 is 19.4 Å². The fourth-order valence-electron chi connectivity index (χ4n) is 4.92. The Balaban J connectivity index is 3.92. The Labute approximate surface area is 242 Å². The molecule has 0 aliphatic carbocycles. The quantitative estimate of drug-likeness (QED) is 0.0550. The minimum absolute atomic E-state index is 0.0294. The zero-order valence-electron chi connectivity index (χ0n) is 25.9. The van der Waals surface area contributed by atoms with Crippen molar-refractivity contribution in [1.82, 2.24) is 0 Å². The Kier molecular flexibility index (Phi) is 29.7. The van der Waals surface area contributed by atoms with E-state index in [2.05, 4.69) is 38.2 Å². The molecule has 0 amide bonds. The number of carbonyl (C=O) groups is 2. The molecule has 0 aromatic heterocycles. The number of hydrogen-bond acceptors (Lipinski definition) is 3. The first-order valence-electron chi connectivity index (χ1n) is 16.8. The number of aliphatic carboxylic acids is 1. The summed E-state index contributed by atoms with van der Waals surface area (Å²) in [6.07, 6.45) is 37.6. The van der Waals surface area contributed by atoms with E-state index >= 15 is 0 Å². The third kappa shape index (κ3) is 30.8. The first-order chi connectivity index (χ1) is 19.1. The van der Waals surface area contributed by atoms with Crippen LogP contribution in [0.1, 0.15) is 181 Å². The van der Waals surface area contributed by atoms with Gasteiger partial charge in [0.2, 0.25) is 0 Å². The summed E-state index contributed by atoms with van der Waals surface area (Å²) in [6.45, 7) is 4.49. The number of esters is 1. The van der Waals surface area contributed by atoms with Crippen LogP contribution in [-0.4, -0.2) is 23.1 Å². The number of ether oxygens (including phenoxy) is 1. The molecule has 228 valence electrons. The topological polar surface area (TPSA) is 63.6 Å². The molecule has 1 atom stereocenters. The lowest BCUT2D eigenvalue weighted by Crippen LogP contribution is -2.18. The summed E-state index contributed by atoms with van der Waals surface area (Å²) in [7, 11) is 0. The molecule has 0 aromatic rings. The van der Waals surface area contributed by atoms with Crippen molar-refractivity contribution in [2.45, 2.75) is 187 Å². The van der Waals surface area contributed by atoms with Crippen LogP contribution in [0.3, 0.4) is 0 Å². The molecular formula is C35H64O4. The summed E-state index contributed by atoms with van der Waals surface area (Å²) in [4.78, 5) is 23.2.